The van der Waals surface area contributed by atoms with Gasteiger partial charge in [0.05, 0.1) is 25.9 Å². The largest absolute Gasteiger partial charge is 0.497 e. The Balaban J connectivity index is 1.67. The Hall–Kier alpha value is -1.85. The molecule has 3 aliphatic carbocycles. The second kappa shape index (κ2) is 19.0. The van der Waals surface area contributed by atoms with Gasteiger partial charge < -0.3 is 32.8 Å². The summed E-state index contributed by atoms with van der Waals surface area (Å²) in [5, 5.41) is 0. The topological polar surface area (TPSA) is 81.7 Å². The lowest BCUT2D eigenvalue weighted by molar-refractivity contribution is -0.181. The van der Waals surface area contributed by atoms with Crippen molar-refractivity contribution in [2.24, 2.45) is 23.2 Å². The van der Waals surface area contributed by atoms with Crippen LogP contribution in [0.2, 0.25) is 16.6 Å². The van der Waals surface area contributed by atoms with Gasteiger partial charge in [-0.05, 0) is 96.2 Å². The number of methoxy groups -OCH3 is 3. The number of carbonyl (C=O) groups is 1. The summed E-state index contributed by atoms with van der Waals surface area (Å²) in [6.07, 6.45) is 6.57. The van der Waals surface area contributed by atoms with Crippen molar-refractivity contribution in [2.75, 3.05) is 48.1 Å². The van der Waals surface area contributed by atoms with E-state index in [1.54, 1.807) is 21.3 Å². The summed E-state index contributed by atoms with van der Waals surface area (Å²) in [6, 6.07) is 7.97. The van der Waals surface area contributed by atoms with Crippen LogP contribution in [0.15, 0.2) is 47.1 Å². The molecular formula is C42H68O8Si. The molecule has 9 heteroatoms. The van der Waals surface area contributed by atoms with Crippen LogP contribution in [0.1, 0.15) is 99.5 Å². The smallest absolute Gasteiger partial charge is 0.200 e. The quantitative estimate of drug-likeness (QED) is 0.0569. The minimum Gasteiger partial charge on any atom is -0.497 e. The summed E-state index contributed by atoms with van der Waals surface area (Å²) in [5.41, 5.74) is 5.80. The lowest BCUT2D eigenvalue weighted by atomic mass is 9.47. The van der Waals surface area contributed by atoms with Crippen molar-refractivity contribution in [3.05, 3.63) is 52.6 Å². The first kappa shape index (κ1) is 41.9. The number of rotatable bonds is 20. The highest BCUT2D eigenvalue weighted by molar-refractivity contribution is 6.77. The van der Waals surface area contributed by atoms with Crippen molar-refractivity contribution in [3.8, 4) is 5.75 Å². The van der Waals surface area contributed by atoms with Crippen molar-refractivity contribution in [1.29, 1.82) is 0 Å². The van der Waals surface area contributed by atoms with Crippen LogP contribution >= 0.6 is 0 Å². The zero-order chi connectivity index (χ0) is 37.3. The molecule has 51 heavy (non-hydrogen) atoms. The lowest BCUT2D eigenvalue weighted by Gasteiger charge is -2.59. The summed E-state index contributed by atoms with van der Waals surface area (Å²) in [5.74, 6) is 1.67. The van der Waals surface area contributed by atoms with Gasteiger partial charge in [0.2, 0.25) is 0 Å². The fraction of sp³-hybridized carbons (Fsp3) is 0.738. The van der Waals surface area contributed by atoms with Crippen LogP contribution in [0.3, 0.4) is 0 Å². The molecule has 1 saturated carbocycles. The van der Waals surface area contributed by atoms with E-state index in [0.717, 1.165) is 42.6 Å². The van der Waals surface area contributed by atoms with Gasteiger partial charge in [-0.25, -0.2) is 0 Å². The number of hydrogen-bond donors (Lipinski definition) is 0. The number of allylic oxidation sites excluding steroid dienone is 2. The van der Waals surface area contributed by atoms with Gasteiger partial charge in [-0.2, -0.15) is 0 Å². The maximum Gasteiger partial charge on any atom is 0.200 e. The molecule has 0 aromatic heterocycles. The van der Waals surface area contributed by atoms with Crippen LogP contribution in [0.25, 0.3) is 0 Å². The molecular weight excluding hydrogens is 661 g/mol. The monoisotopic (exact) mass is 728 g/mol. The first-order valence-corrected chi connectivity index (χ1v) is 21.5. The second-order valence-electron chi connectivity index (χ2n) is 16.4. The number of benzene rings is 1. The van der Waals surface area contributed by atoms with Gasteiger partial charge in [0.1, 0.15) is 19.3 Å². The average molecular weight is 729 g/mol. The molecule has 3 aliphatic rings. The molecule has 0 unspecified atom stereocenters. The molecule has 0 N–H and O–H groups in total. The van der Waals surface area contributed by atoms with Crippen molar-refractivity contribution >= 4 is 14.1 Å². The Morgan fingerprint density at radius 1 is 0.882 bits per heavy atom. The molecule has 0 aliphatic heterocycles. The van der Waals surface area contributed by atoms with Gasteiger partial charge >= 0.3 is 0 Å². The van der Waals surface area contributed by atoms with Gasteiger partial charge in [-0.3, -0.25) is 4.79 Å². The normalized spacial score (nSPS) is 26.9. The lowest BCUT2D eigenvalue weighted by Crippen LogP contribution is -2.58. The summed E-state index contributed by atoms with van der Waals surface area (Å²) in [6.45, 7) is 20.7. The van der Waals surface area contributed by atoms with E-state index in [0.29, 0.717) is 49.3 Å². The number of fused-ring (bicyclic) bond motifs is 3. The zero-order valence-corrected chi connectivity index (χ0v) is 34.5. The van der Waals surface area contributed by atoms with Crippen molar-refractivity contribution in [2.45, 2.75) is 129 Å². The van der Waals surface area contributed by atoms with E-state index >= 15 is 0 Å². The molecule has 8 nitrogen and oxygen atoms in total. The predicted octanol–water partition coefficient (Wildman–Crippen LogP) is 9.43. The van der Waals surface area contributed by atoms with E-state index in [2.05, 4.69) is 61.5 Å². The van der Waals surface area contributed by atoms with E-state index in [-0.39, 0.29) is 54.7 Å². The molecule has 1 aromatic carbocycles. The summed E-state index contributed by atoms with van der Waals surface area (Å²) in [7, 11) is 2.91. The fourth-order valence-corrected chi connectivity index (χ4v) is 15.8. The standard InChI is InChI=1S/C42H68O8Si/c1-28(2)51(29(3)4,30(5)6)50-20-18-35-34(13-12-19-47-25-32-14-16-33(46-11)17-15-32)38(43)24-42(8)37-21-31(7)22-39(48-26-44-9)36(37)23-40(41(35)42)49-27-45-10/h14-17,22,28-30,36-37,39-41H,12-13,18-21,23-27H2,1-11H3/t36-,37+,39-,40+,41-,42-/m0/s1. The highest BCUT2D eigenvalue weighted by atomic mass is 28.4. The molecule has 6 atom stereocenters. The maximum absolute atomic E-state index is 14.6. The third-order valence-corrected chi connectivity index (χ3v) is 18.5. The van der Waals surface area contributed by atoms with E-state index in [9.17, 15) is 4.79 Å². The summed E-state index contributed by atoms with van der Waals surface area (Å²) in [4.78, 5) is 14.6. The molecule has 0 spiro atoms. The van der Waals surface area contributed by atoms with Gasteiger partial charge in [0.15, 0.2) is 14.1 Å². The minimum absolute atomic E-state index is 0.0765. The van der Waals surface area contributed by atoms with Crippen molar-refractivity contribution < 1.29 is 37.6 Å². The van der Waals surface area contributed by atoms with E-state index in [1.807, 2.05) is 24.3 Å². The minimum atomic E-state index is -2.11. The molecule has 4 rings (SSSR count). The van der Waals surface area contributed by atoms with Crippen LogP contribution in [-0.2, 0) is 39.5 Å². The Bertz CT molecular complexity index is 1300. The van der Waals surface area contributed by atoms with Crippen molar-refractivity contribution in [1.82, 2.24) is 0 Å². The Morgan fingerprint density at radius 2 is 1.53 bits per heavy atom. The van der Waals surface area contributed by atoms with Crippen LogP contribution in [0, 0.1) is 23.2 Å². The van der Waals surface area contributed by atoms with E-state index in [4.69, 9.17) is 32.8 Å². The molecule has 1 aromatic rings. The molecule has 0 bridgehead atoms. The molecule has 288 valence electrons. The number of carbonyl (C=O) groups excluding carboxylic acids is 1. The Kier molecular flexibility index (Phi) is 15.6. The summed E-state index contributed by atoms with van der Waals surface area (Å²) >= 11 is 0. The molecule has 0 heterocycles. The first-order valence-electron chi connectivity index (χ1n) is 19.3. The SMILES string of the molecule is COCO[C@H]1C=C(C)C[C@@H]2[C@@H]1C[C@@H](OCOC)[C@@H]1C(CCO[Si](C(C)C)(C(C)C)C(C)C)=C(CCCOCc3ccc(OC)cc3)C(=O)C[C@@]21C. The third kappa shape index (κ3) is 9.45. The molecule has 0 radical (unpaired) electrons. The number of hydrogen-bond acceptors (Lipinski definition) is 8. The number of Topliss-reactive ketones (excluding diaryl/α,β-unsaturated/α-hetero) is 1. The van der Waals surface area contributed by atoms with Crippen LogP contribution in [0.5, 0.6) is 5.75 Å². The average Bonchev–Trinajstić information content (AvgIpc) is 3.08. The zero-order valence-electron chi connectivity index (χ0n) is 33.5. The summed E-state index contributed by atoms with van der Waals surface area (Å²) < 4.78 is 42.4. The van der Waals surface area contributed by atoms with Gasteiger partial charge in [-0.1, -0.05) is 77.8 Å². The Morgan fingerprint density at radius 3 is 2.14 bits per heavy atom. The first-order chi connectivity index (χ1) is 24.3. The molecule has 1 fully saturated rings. The van der Waals surface area contributed by atoms with E-state index < -0.39 is 8.32 Å². The maximum atomic E-state index is 14.6. The number of ether oxygens (including phenoxy) is 6. The second-order valence-corrected chi connectivity index (χ2v) is 21.8. The highest BCUT2D eigenvalue weighted by Gasteiger charge is 2.59. The number of ketones is 1. The fourth-order valence-electron chi connectivity index (χ4n) is 10.3. The highest BCUT2D eigenvalue weighted by Crippen LogP contribution is 2.61. The molecule has 0 saturated heterocycles. The van der Waals surface area contributed by atoms with Crippen LogP contribution in [0.4, 0.5) is 0 Å². The van der Waals surface area contributed by atoms with Crippen LogP contribution < -0.4 is 4.74 Å². The molecule has 0 amide bonds. The van der Waals surface area contributed by atoms with Gasteiger partial charge in [0, 0.05) is 39.8 Å². The predicted molar refractivity (Wildman–Crippen MR) is 205 cm³/mol. The van der Waals surface area contributed by atoms with Crippen LogP contribution in [-0.4, -0.2) is 74.4 Å². The van der Waals surface area contributed by atoms with Crippen molar-refractivity contribution in [3.63, 3.8) is 0 Å². The van der Waals surface area contributed by atoms with Gasteiger partial charge in [-0.15, -0.1) is 0 Å². The third-order valence-electron chi connectivity index (χ3n) is 12.4. The Labute approximate surface area is 310 Å². The van der Waals surface area contributed by atoms with Gasteiger partial charge in [0.25, 0.3) is 0 Å². The van der Waals surface area contributed by atoms with E-state index in [1.165, 1.54) is 11.1 Å².